The summed E-state index contributed by atoms with van der Waals surface area (Å²) >= 11 is 0. The van der Waals surface area contributed by atoms with Gasteiger partial charge in [0.1, 0.15) is 11.6 Å². The first-order valence-corrected chi connectivity index (χ1v) is 16.0. The number of aliphatic imine (C=N–C) groups is 1. The van der Waals surface area contributed by atoms with Crippen LogP contribution < -0.4 is 5.73 Å². The summed E-state index contributed by atoms with van der Waals surface area (Å²) in [5.74, 6) is 0.0195. The van der Waals surface area contributed by atoms with Crippen LogP contribution in [0, 0.1) is 24.5 Å². The van der Waals surface area contributed by atoms with Gasteiger partial charge in [-0.25, -0.2) is 13.8 Å². The second-order valence-electron chi connectivity index (χ2n) is 12.4. The number of rotatable bonds is 8. The third-order valence-corrected chi connectivity index (χ3v) is 9.43. The molecular weight excluding hydrogens is 552 g/mol. The maximum Gasteiger partial charge on any atom is 0.129 e. The number of aromatic nitrogens is 1. The Labute approximate surface area is 259 Å². The van der Waals surface area contributed by atoms with Crippen LogP contribution in [-0.4, -0.2) is 30.5 Å². The Morgan fingerprint density at radius 3 is 2.41 bits per heavy atom. The molecule has 44 heavy (non-hydrogen) atoms. The van der Waals surface area contributed by atoms with Crippen LogP contribution in [0.2, 0.25) is 0 Å². The van der Waals surface area contributed by atoms with Crippen LogP contribution >= 0.6 is 0 Å². The quantitative estimate of drug-likeness (QED) is 0.208. The first-order chi connectivity index (χ1) is 21.5. The van der Waals surface area contributed by atoms with Gasteiger partial charge >= 0.3 is 0 Å². The van der Waals surface area contributed by atoms with E-state index in [-0.39, 0.29) is 11.6 Å². The van der Waals surface area contributed by atoms with E-state index in [4.69, 9.17) is 20.4 Å². The highest BCUT2D eigenvalue weighted by molar-refractivity contribution is 6.09. The molecule has 1 saturated carbocycles. The van der Waals surface area contributed by atoms with Crippen molar-refractivity contribution in [2.45, 2.75) is 70.3 Å². The molecule has 2 N–H and O–H groups in total. The van der Waals surface area contributed by atoms with Gasteiger partial charge in [0.25, 0.3) is 0 Å². The van der Waals surface area contributed by atoms with Crippen LogP contribution in [0.3, 0.4) is 0 Å². The summed E-state index contributed by atoms with van der Waals surface area (Å²) in [5.41, 5.74) is 12.2. The molecule has 1 aliphatic carbocycles. The van der Waals surface area contributed by atoms with Crippen molar-refractivity contribution in [3.63, 3.8) is 0 Å². The Bertz CT molecular complexity index is 1640. The highest BCUT2D eigenvalue weighted by atomic mass is 19.1. The van der Waals surface area contributed by atoms with E-state index in [0.717, 1.165) is 69.1 Å². The summed E-state index contributed by atoms with van der Waals surface area (Å²) < 4.78 is 36.0. The second kappa shape index (κ2) is 13.8. The Balaban J connectivity index is 1.18. The predicted molar refractivity (Wildman–Crippen MR) is 176 cm³/mol. The minimum absolute atomic E-state index is 0.159. The zero-order valence-electron chi connectivity index (χ0n) is 25.4. The van der Waals surface area contributed by atoms with Gasteiger partial charge in [0, 0.05) is 53.8 Å². The molecule has 2 fully saturated rings. The van der Waals surface area contributed by atoms with E-state index >= 15 is 8.78 Å². The smallest absolute Gasteiger partial charge is 0.129 e. The molecule has 6 rings (SSSR count). The number of pyridine rings is 1. The Morgan fingerprint density at radius 2 is 1.68 bits per heavy atom. The fraction of sp³-hybridized carbons (Fsp3) is 0.368. The normalized spacial score (nSPS) is 20.0. The fourth-order valence-corrected chi connectivity index (χ4v) is 6.78. The van der Waals surface area contributed by atoms with Crippen LogP contribution in [-0.2, 0) is 11.2 Å². The van der Waals surface area contributed by atoms with Gasteiger partial charge in [0.15, 0.2) is 0 Å². The average molecular weight is 594 g/mol. The summed E-state index contributed by atoms with van der Waals surface area (Å²) in [6.45, 7) is 3.60. The second-order valence-corrected chi connectivity index (χ2v) is 12.4. The lowest BCUT2D eigenvalue weighted by atomic mass is 9.81. The number of hydrogen-bond acceptors (Lipinski definition) is 4. The lowest BCUT2D eigenvalue weighted by Crippen LogP contribution is -2.16. The van der Waals surface area contributed by atoms with Crippen molar-refractivity contribution in [2.75, 3.05) is 13.2 Å². The molecule has 2 aliphatic rings. The minimum atomic E-state index is -0.507. The van der Waals surface area contributed by atoms with Crippen LogP contribution in [0.5, 0.6) is 0 Å². The molecule has 6 heteroatoms. The van der Waals surface area contributed by atoms with Gasteiger partial charge in [-0.2, -0.15) is 0 Å². The van der Waals surface area contributed by atoms with Crippen LogP contribution in [0.15, 0.2) is 77.9 Å². The molecule has 4 aromatic rings. The molecule has 0 bridgehead atoms. The summed E-state index contributed by atoms with van der Waals surface area (Å²) in [6.07, 6.45) is 10.7. The van der Waals surface area contributed by atoms with E-state index in [1.165, 1.54) is 29.5 Å². The molecule has 3 aromatic carbocycles. The number of fused-ring (bicyclic) bond motifs is 1. The van der Waals surface area contributed by atoms with Crippen LogP contribution in [0.1, 0.15) is 73.2 Å². The zero-order chi connectivity index (χ0) is 30.5. The van der Waals surface area contributed by atoms with Crippen molar-refractivity contribution in [3.8, 4) is 11.1 Å². The fourth-order valence-electron chi connectivity index (χ4n) is 6.78. The van der Waals surface area contributed by atoms with E-state index in [9.17, 15) is 0 Å². The van der Waals surface area contributed by atoms with Gasteiger partial charge in [-0.3, -0.25) is 4.99 Å². The van der Waals surface area contributed by atoms with Crippen molar-refractivity contribution in [2.24, 2.45) is 16.6 Å². The Morgan fingerprint density at radius 1 is 0.932 bits per heavy atom. The molecule has 228 valence electrons. The molecule has 1 aromatic heterocycles. The third kappa shape index (κ3) is 6.91. The summed E-state index contributed by atoms with van der Waals surface area (Å²) in [6, 6.07) is 21.6. The van der Waals surface area contributed by atoms with Crippen molar-refractivity contribution >= 4 is 22.7 Å². The monoisotopic (exact) mass is 593 g/mol. The number of nitrogens with zero attached hydrogens (tertiary/aromatic N) is 2. The lowest BCUT2D eigenvalue weighted by Gasteiger charge is -2.26. The number of allylic oxidation sites excluding steroid dienone is 1. The van der Waals surface area contributed by atoms with Gasteiger partial charge in [0.2, 0.25) is 0 Å². The number of hydrogen-bond donors (Lipinski definition) is 1. The average Bonchev–Trinajstić information content (AvgIpc) is 3.05. The van der Waals surface area contributed by atoms with Gasteiger partial charge in [-0.1, -0.05) is 54.1 Å². The molecule has 0 atom stereocenters. The van der Waals surface area contributed by atoms with Crippen molar-refractivity contribution in [1.82, 2.24) is 4.98 Å². The molecular formula is C38H41F2N3O. The Kier molecular flexibility index (Phi) is 9.46. The number of para-hydroxylation sites is 1. The lowest BCUT2D eigenvalue weighted by molar-refractivity contribution is 0.0639. The molecule has 2 heterocycles. The van der Waals surface area contributed by atoms with E-state index in [2.05, 4.69) is 31.2 Å². The molecule has 1 aliphatic heterocycles. The first kappa shape index (κ1) is 30.1. The maximum absolute atomic E-state index is 15.3. The van der Waals surface area contributed by atoms with E-state index in [1.54, 1.807) is 0 Å². The van der Waals surface area contributed by atoms with Gasteiger partial charge in [-0.05, 0) is 99.5 Å². The standard InChI is InChI=1S/C38H41F2N3O/c1-25-4-2-6-29(20-25)27-9-12-32(13-10-27)42-24-31(23-41)37-15-11-28-5-3-7-33(38(28)43-37)30-21-35(39)34(36(40)22-30)14-8-26-16-18-44-19-17-26/h2-7,11,15,20-24,26-27,32H,8-10,12-14,16-19,41H2,1H3. The summed E-state index contributed by atoms with van der Waals surface area (Å²) in [5, 5.41) is 0.887. The first-order valence-electron chi connectivity index (χ1n) is 16.0. The SMILES string of the molecule is Cc1cccc(C2CCC(N=CC(=CN)c3ccc4cccc(-c5cc(F)c(CCC6CCOCC6)c(F)c5)c4n3)CC2)c1. The minimum Gasteiger partial charge on any atom is -0.404 e. The molecule has 4 nitrogen and oxygen atoms in total. The summed E-state index contributed by atoms with van der Waals surface area (Å²) in [7, 11) is 0. The molecule has 0 radical (unpaired) electrons. The maximum atomic E-state index is 15.3. The number of benzene rings is 3. The van der Waals surface area contributed by atoms with Crippen LogP contribution in [0.25, 0.3) is 27.6 Å². The number of halogens is 2. The van der Waals surface area contributed by atoms with Crippen molar-refractivity contribution in [1.29, 1.82) is 0 Å². The Hall–Kier alpha value is -3.90. The molecule has 0 amide bonds. The van der Waals surface area contributed by atoms with E-state index in [0.29, 0.717) is 40.6 Å². The van der Waals surface area contributed by atoms with Crippen LogP contribution in [0.4, 0.5) is 8.78 Å². The molecule has 0 spiro atoms. The van der Waals surface area contributed by atoms with Gasteiger partial charge in [0.05, 0.1) is 11.2 Å². The number of aryl methyl sites for hydroxylation is 1. The largest absolute Gasteiger partial charge is 0.404 e. The van der Waals surface area contributed by atoms with Crippen molar-refractivity contribution in [3.05, 3.63) is 107 Å². The van der Waals surface area contributed by atoms with E-state index < -0.39 is 11.6 Å². The predicted octanol–water partition coefficient (Wildman–Crippen LogP) is 8.94. The summed E-state index contributed by atoms with van der Waals surface area (Å²) in [4.78, 5) is 9.83. The highest BCUT2D eigenvalue weighted by Gasteiger charge is 2.22. The van der Waals surface area contributed by atoms with E-state index in [1.807, 2.05) is 36.5 Å². The van der Waals surface area contributed by atoms with Crippen molar-refractivity contribution < 1.29 is 13.5 Å². The molecule has 1 saturated heterocycles. The topological polar surface area (TPSA) is 60.5 Å². The number of ether oxygens (including phenoxy) is 1. The third-order valence-electron chi connectivity index (χ3n) is 9.43. The zero-order valence-corrected chi connectivity index (χ0v) is 25.4. The number of nitrogens with two attached hydrogens (primary N) is 1. The molecule has 0 unspecified atom stereocenters. The van der Waals surface area contributed by atoms with Gasteiger partial charge in [-0.15, -0.1) is 0 Å². The van der Waals surface area contributed by atoms with Gasteiger partial charge < -0.3 is 10.5 Å². The highest BCUT2D eigenvalue weighted by Crippen LogP contribution is 2.35.